The van der Waals surface area contributed by atoms with Crippen LogP contribution in [0.4, 0.5) is 4.39 Å². The lowest BCUT2D eigenvalue weighted by Gasteiger charge is -2.26. The Morgan fingerprint density at radius 1 is 1.29 bits per heavy atom. The average molecular weight is 311 g/mol. The maximum Gasteiger partial charge on any atom is 0.133 e. The number of thiocarbonyl (C=S) groups is 1. The Bertz CT molecular complexity index is 475. The molecule has 0 spiro atoms. The molecule has 1 rings (SSSR count). The molecule has 0 heterocycles. The number of nitrogens with two attached hydrogens (primary N) is 1. The molecule has 0 fully saturated rings. The van der Waals surface area contributed by atoms with E-state index in [1.54, 1.807) is 12.1 Å². The summed E-state index contributed by atoms with van der Waals surface area (Å²) in [4.78, 5) is 4.65. The van der Waals surface area contributed by atoms with Gasteiger partial charge in [0.15, 0.2) is 0 Å². The molecule has 0 bridgehead atoms. The summed E-state index contributed by atoms with van der Waals surface area (Å²) in [6.45, 7) is 8.16. The van der Waals surface area contributed by atoms with Crippen molar-refractivity contribution in [2.45, 2.75) is 20.4 Å². The third-order valence-electron chi connectivity index (χ3n) is 3.19. The molecule has 0 aliphatic carbocycles. The molecule has 0 aromatic heterocycles. The number of hydrogen-bond donors (Lipinski definition) is 1. The molecule has 5 heteroatoms. The smallest absolute Gasteiger partial charge is 0.133 e. The Morgan fingerprint density at radius 2 is 1.95 bits per heavy atom. The zero-order valence-electron chi connectivity index (χ0n) is 13.4. The maximum absolute atomic E-state index is 13.6. The van der Waals surface area contributed by atoms with Crippen LogP contribution >= 0.6 is 12.2 Å². The summed E-state index contributed by atoms with van der Waals surface area (Å²) in [7, 11) is 4.13. The van der Waals surface area contributed by atoms with Gasteiger partial charge in [-0.15, -0.1) is 0 Å². The highest BCUT2D eigenvalue weighted by molar-refractivity contribution is 7.80. The Balaban J connectivity index is 2.82. The number of hydrogen-bond acceptors (Lipinski definition) is 3. The second-order valence-electron chi connectivity index (χ2n) is 6.11. The highest BCUT2D eigenvalue weighted by atomic mass is 32.1. The van der Waals surface area contributed by atoms with Crippen LogP contribution in [0.5, 0.6) is 0 Å². The molecular weight excluding hydrogens is 285 g/mol. The van der Waals surface area contributed by atoms with Gasteiger partial charge >= 0.3 is 0 Å². The molecule has 0 radical (unpaired) electrons. The van der Waals surface area contributed by atoms with Crippen LogP contribution in [-0.4, -0.2) is 48.5 Å². The topological polar surface area (TPSA) is 32.5 Å². The molecule has 0 aliphatic rings. The van der Waals surface area contributed by atoms with E-state index in [4.69, 9.17) is 18.0 Å². The van der Waals surface area contributed by atoms with E-state index in [-0.39, 0.29) is 10.8 Å². The molecule has 0 atom stereocenters. The van der Waals surface area contributed by atoms with Crippen LogP contribution in [0, 0.1) is 11.7 Å². The summed E-state index contributed by atoms with van der Waals surface area (Å²) in [5, 5.41) is 0. The zero-order chi connectivity index (χ0) is 16.0. The summed E-state index contributed by atoms with van der Waals surface area (Å²) < 4.78 is 13.6. The van der Waals surface area contributed by atoms with Crippen molar-refractivity contribution < 1.29 is 4.39 Å². The minimum atomic E-state index is -0.352. The zero-order valence-corrected chi connectivity index (χ0v) is 14.2. The standard InChI is InChI=1S/C16H26FN3S/c1-12(2)10-20(8-7-19(3)4)11-13-5-6-15(17)14(9-13)16(18)21/h5-6,9,12H,7-8,10-11H2,1-4H3,(H2,18,21). The number of nitrogens with zero attached hydrogens (tertiary/aromatic N) is 2. The lowest BCUT2D eigenvalue weighted by Crippen LogP contribution is -2.34. The average Bonchev–Trinajstić information content (AvgIpc) is 2.37. The van der Waals surface area contributed by atoms with Crippen LogP contribution in [0.15, 0.2) is 18.2 Å². The molecule has 0 unspecified atom stereocenters. The van der Waals surface area contributed by atoms with Crippen LogP contribution in [0.2, 0.25) is 0 Å². The van der Waals surface area contributed by atoms with Crippen molar-refractivity contribution in [3.05, 3.63) is 35.1 Å². The van der Waals surface area contributed by atoms with Crippen molar-refractivity contribution in [1.29, 1.82) is 0 Å². The maximum atomic E-state index is 13.6. The van der Waals surface area contributed by atoms with E-state index in [1.807, 2.05) is 0 Å². The second-order valence-corrected chi connectivity index (χ2v) is 6.55. The van der Waals surface area contributed by atoms with Crippen LogP contribution in [0.25, 0.3) is 0 Å². The molecule has 2 N–H and O–H groups in total. The van der Waals surface area contributed by atoms with E-state index < -0.39 is 0 Å². The molecule has 0 saturated heterocycles. The van der Waals surface area contributed by atoms with Crippen molar-refractivity contribution in [1.82, 2.24) is 9.80 Å². The molecule has 21 heavy (non-hydrogen) atoms. The molecule has 118 valence electrons. The predicted molar refractivity (Wildman–Crippen MR) is 91.0 cm³/mol. The largest absolute Gasteiger partial charge is 0.389 e. The van der Waals surface area contributed by atoms with E-state index in [0.717, 1.165) is 31.7 Å². The van der Waals surface area contributed by atoms with Gasteiger partial charge in [-0.1, -0.05) is 32.1 Å². The van der Waals surface area contributed by atoms with Crippen molar-refractivity contribution in [2.24, 2.45) is 11.7 Å². The van der Waals surface area contributed by atoms with Gasteiger partial charge in [0.05, 0.1) is 0 Å². The fourth-order valence-electron chi connectivity index (χ4n) is 2.21. The second kappa shape index (κ2) is 8.41. The van der Waals surface area contributed by atoms with Gasteiger partial charge in [-0.25, -0.2) is 4.39 Å². The van der Waals surface area contributed by atoms with Crippen LogP contribution in [0.3, 0.4) is 0 Å². The van der Waals surface area contributed by atoms with E-state index in [0.29, 0.717) is 11.5 Å². The van der Waals surface area contributed by atoms with Gasteiger partial charge in [0.1, 0.15) is 10.8 Å². The minimum Gasteiger partial charge on any atom is -0.389 e. The summed E-state index contributed by atoms with van der Waals surface area (Å²) in [5.41, 5.74) is 6.94. The monoisotopic (exact) mass is 311 g/mol. The molecule has 0 saturated carbocycles. The van der Waals surface area contributed by atoms with Crippen molar-refractivity contribution >= 4 is 17.2 Å². The number of rotatable bonds is 8. The van der Waals surface area contributed by atoms with E-state index in [9.17, 15) is 4.39 Å². The summed E-state index contributed by atoms with van der Waals surface area (Å²) in [6, 6.07) is 5.02. The molecule has 1 aromatic rings. The molecule has 0 aliphatic heterocycles. The SMILES string of the molecule is CC(C)CN(CCN(C)C)Cc1ccc(F)c(C(N)=S)c1. The Kier molecular flexibility index (Phi) is 7.22. The molecule has 3 nitrogen and oxygen atoms in total. The lowest BCUT2D eigenvalue weighted by molar-refractivity contribution is 0.211. The van der Waals surface area contributed by atoms with E-state index in [2.05, 4.69) is 37.7 Å². The number of likely N-dealkylation sites (N-methyl/N-ethyl adjacent to an activating group) is 1. The predicted octanol–water partition coefficient (Wildman–Crippen LogP) is 2.48. The number of benzene rings is 1. The highest BCUT2D eigenvalue weighted by Gasteiger charge is 2.11. The number of halogens is 1. The summed E-state index contributed by atoms with van der Waals surface area (Å²) >= 11 is 4.90. The fourth-order valence-corrected chi connectivity index (χ4v) is 2.37. The van der Waals surface area contributed by atoms with Crippen LogP contribution in [0.1, 0.15) is 25.0 Å². The van der Waals surface area contributed by atoms with Gasteiger partial charge < -0.3 is 10.6 Å². The van der Waals surface area contributed by atoms with Gasteiger partial charge in [0.2, 0.25) is 0 Å². The Hall–Kier alpha value is -1.04. The van der Waals surface area contributed by atoms with Gasteiger partial charge in [-0.05, 0) is 37.7 Å². The first-order chi connectivity index (χ1) is 9.79. The molecular formula is C16H26FN3S. The Labute approximate surface area is 132 Å². The van der Waals surface area contributed by atoms with Gasteiger partial charge in [0, 0.05) is 31.7 Å². The first-order valence-corrected chi connectivity index (χ1v) is 7.65. The summed E-state index contributed by atoms with van der Waals surface area (Å²) in [6.07, 6.45) is 0. The van der Waals surface area contributed by atoms with Crippen molar-refractivity contribution in [2.75, 3.05) is 33.7 Å². The van der Waals surface area contributed by atoms with Crippen LogP contribution < -0.4 is 5.73 Å². The minimum absolute atomic E-state index is 0.109. The normalized spacial score (nSPS) is 11.6. The van der Waals surface area contributed by atoms with Crippen molar-refractivity contribution in [3.63, 3.8) is 0 Å². The molecule has 1 aromatic carbocycles. The van der Waals surface area contributed by atoms with Crippen molar-refractivity contribution in [3.8, 4) is 0 Å². The first-order valence-electron chi connectivity index (χ1n) is 7.25. The summed E-state index contributed by atoms with van der Waals surface area (Å²) in [5.74, 6) is 0.234. The van der Waals surface area contributed by atoms with Gasteiger partial charge in [-0.3, -0.25) is 4.90 Å². The third kappa shape index (κ3) is 6.50. The first kappa shape index (κ1) is 18.0. The van der Waals surface area contributed by atoms with E-state index in [1.165, 1.54) is 6.07 Å². The Morgan fingerprint density at radius 3 is 2.48 bits per heavy atom. The molecule has 0 amide bonds. The lowest BCUT2D eigenvalue weighted by atomic mass is 10.1. The van der Waals surface area contributed by atoms with Gasteiger partial charge in [-0.2, -0.15) is 0 Å². The quantitative estimate of drug-likeness (QED) is 0.748. The highest BCUT2D eigenvalue weighted by Crippen LogP contribution is 2.13. The third-order valence-corrected chi connectivity index (χ3v) is 3.41. The van der Waals surface area contributed by atoms with Gasteiger partial charge in [0.25, 0.3) is 0 Å². The van der Waals surface area contributed by atoms with Crippen LogP contribution in [-0.2, 0) is 6.54 Å². The fraction of sp³-hybridized carbons (Fsp3) is 0.562. The van der Waals surface area contributed by atoms with E-state index >= 15 is 0 Å².